The van der Waals surface area contributed by atoms with E-state index in [0.717, 1.165) is 42.0 Å². The molecule has 1 aromatic heterocycles. The second-order valence-corrected chi connectivity index (χ2v) is 4.38. The maximum Gasteiger partial charge on any atom is 0.227 e. The van der Waals surface area contributed by atoms with Gasteiger partial charge in [-0.1, -0.05) is 13.3 Å². The van der Waals surface area contributed by atoms with Crippen molar-refractivity contribution in [2.24, 2.45) is 0 Å². The van der Waals surface area contributed by atoms with Crippen LogP contribution in [-0.4, -0.2) is 23.1 Å². The first-order chi connectivity index (χ1) is 7.63. The molecule has 0 aliphatic carbocycles. The van der Waals surface area contributed by atoms with E-state index in [0.29, 0.717) is 5.82 Å². The van der Waals surface area contributed by atoms with Gasteiger partial charge in [-0.3, -0.25) is 0 Å². The summed E-state index contributed by atoms with van der Waals surface area (Å²) >= 11 is 3.44. The molecular formula is C11H19BrN4. The lowest BCUT2D eigenvalue weighted by molar-refractivity contribution is 0.796. The van der Waals surface area contributed by atoms with E-state index in [1.54, 1.807) is 0 Å². The van der Waals surface area contributed by atoms with Gasteiger partial charge in [0.2, 0.25) is 5.95 Å². The largest absolute Gasteiger partial charge is 0.383 e. The number of hydrogen-bond donors (Lipinski definition) is 1. The quantitative estimate of drug-likeness (QED) is 0.904. The first-order valence-electron chi connectivity index (χ1n) is 5.70. The van der Waals surface area contributed by atoms with Crippen LogP contribution < -0.4 is 10.6 Å². The molecule has 0 atom stereocenters. The summed E-state index contributed by atoms with van der Waals surface area (Å²) in [5, 5.41) is 0. The number of hydrogen-bond acceptors (Lipinski definition) is 4. The normalized spacial score (nSPS) is 10.5. The molecule has 4 nitrogen and oxygen atoms in total. The lowest BCUT2D eigenvalue weighted by Gasteiger charge is -2.20. The van der Waals surface area contributed by atoms with Crippen molar-refractivity contribution >= 4 is 27.7 Å². The van der Waals surface area contributed by atoms with Crippen LogP contribution in [0.3, 0.4) is 0 Å². The van der Waals surface area contributed by atoms with Crippen LogP contribution in [-0.2, 0) is 6.42 Å². The highest BCUT2D eigenvalue weighted by atomic mass is 79.9. The SMILES string of the molecule is CCCc1nc(N(CC)CC)nc(N)c1Br. The van der Waals surface area contributed by atoms with E-state index in [1.807, 2.05) is 0 Å². The number of anilines is 2. The number of nitrogens with zero attached hydrogens (tertiary/aromatic N) is 3. The van der Waals surface area contributed by atoms with Crippen LogP contribution >= 0.6 is 15.9 Å². The van der Waals surface area contributed by atoms with Crippen molar-refractivity contribution in [3.8, 4) is 0 Å². The predicted molar refractivity (Wildman–Crippen MR) is 71.7 cm³/mol. The molecule has 0 aliphatic heterocycles. The van der Waals surface area contributed by atoms with Crippen molar-refractivity contribution in [1.82, 2.24) is 9.97 Å². The van der Waals surface area contributed by atoms with E-state index in [9.17, 15) is 0 Å². The summed E-state index contributed by atoms with van der Waals surface area (Å²) < 4.78 is 0.838. The van der Waals surface area contributed by atoms with Gasteiger partial charge >= 0.3 is 0 Å². The van der Waals surface area contributed by atoms with Crippen LogP contribution in [0.4, 0.5) is 11.8 Å². The third-order valence-corrected chi connectivity index (χ3v) is 3.33. The summed E-state index contributed by atoms with van der Waals surface area (Å²) in [6.07, 6.45) is 1.97. The Morgan fingerprint density at radius 1 is 1.19 bits per heavy atom. The molecule has 16 heavy (non-hydrogen) atoms. The fraction of sp³-hybridized carbons (Fsp3) is 0.636. The summed E-state index contributed by atoms with van der Waals surface area (Å²) in [6.45, 7) is 8.09. The van der Waals surface area contributed by atoms with Crippen LogP contribution in [0.15, 0.2) is 4.47 Å². The molecule has 0 radical (unpaired) electrons. The van der Waals surface area contributed by atoms with Gasteiger partial charge in [0.15, 0.2) is 0 Å². The van der Waals surface area contributed by atoms with Crippen LogP contribution in [0.2, 0.25) is 0 Å². The highest BCUT2D eigenvalue weighted by Gasteiger charge is 2.12. The summed E-state index contributed by atoms with van der Waals surface area (Å²) in [4.78, 5) is 11.0. The summed E-state index contributed by atoms with van der Waals surface area (Å²) in [5.41, 5.74) is 6.87. The molecule has 0 bridgehead atoms. The van der Waals surface area contributed by atoms with E-state index >= 15 is 0 Å². The Balaban J connectivity index is 3.12. The van der Waals surface area contributed by atoms with Gasteiger partial charge in [0.25, 0.3) is 0 Å². The van der Waals surface area contributed by atoms with Crippen molar-refractivity contribution in [2.75, 3.05) is 23.7 Å². The maximum absolute atomic E-state index is 5.87. The molecule has 90 valence electrons. The topological polar surface area (TPSA) is 55.0 Å². The number of aryl methyl sites for hydroxylation is 1. The Hall–Kier alpha value is -0.840. The van der Waals surface area contributed by atoms with Crippen LogP contribution in [0.1, 0.15) is 32.9 Å². The number of nitrogen functional groups attached to an aromatic ring is 1. The van der Waals surface area contributed by atoms with E-state index in [4.69, 9.17) is 5.73 Å². The van der Waals surface area contributed by atoms with Crippen molar-refractivity contribution < 1.29 is 0 Å². The standard InChI is InChI=1S/C11H19BrN4/c1-4-7-8-9(12)10(13)15-11(14-8)16(5-2)6-3/h4-7H2,1-3H3,(H2,13,14,15). The van der Waals surface area contributed by atoms with Gasteiger partial charge in [0.1, 0.15) is 5.82 Å². The van der Waals surface area contributed by atoms with E-state index in [2.05, 4.69) is 51.6 Å². The molecule has 0 aromatic carbocycles. The Morgan fingerprint density at radius 2 is 1.81 bits per heavy atom. The van der Waals surface area contributed by atoms with Crippen molar-refractivity contribution in [2.45, 2.75) is 33.6 Å². The van der Waals surface area contributed by atoms with Gasteiger partial charge in [-0.05, 0) is 36.2 Å². The lowest BCUT2D eigenvalue weighted by Crippen LogP contribution is -2.25. The minimum atomic E-state index is 0.528. The van der Waals surface area contributed by atoms with Crippen LogP contribution in [0.5, 0.6) is 0 Å². The van der Waals surface area contributed by atoms with Crippen molar-refractivity contribution in [3.63, 3.8) is 0 Å². The molecule has 1 rings (SSSR count). The number of rotatable bonds is 5. The van der Waals surface area contributed by atoms with Crippen LogP contribution in [0.25, 0.3) is 0 Å². The Kier molecular flexibility index (Phi) is 4.99. The van der Waals surface area contributed by atoms with Crippen molar-refractivity contribution in [1.29, 1.82) is 0 Å². The van der Waals surface area contributed by atoms with Gasteiger partial charge in [0.05, 0.1) is 10.2 Å². The average Bonchev–Trinajstić information content (AvgIpc) is 2.27. The van der Waals surface area contributed by atoms with Gasteiger partial charge in [0, 0.05) is 13.1 Å². The number of halogens is 1. The summed E-state index contributed by atoms with van der Waals surface area (Å²) in [7, 11) is 0. The highest BCUT2D eigenvalue weighted by molar-refractivity contribution is 9.10. The first-order valence-corrected chi connectivity index (χ1v) is 6.50. The zero-order valence-corrected chi connectivity index (χ0v) is 11.7. The van der Waals surface area contributed by atoms with Crippen LogP contribution in [0, 0.1) is 0 Å². The Morgan fingerprint density at radius 3 is 2.31 bits per heavy atom. The summed E-state index contributed by atoms with van der Waals surface area (Å²) in [6, 6.07) is 0. The predicted octanol–water partition coefficient (Wildman–Crippen LogP) is 2.62. The third-order valence-electron chi connectivity index (χ3n) is 2.47. The molecule has 0 saturated heterocycles. The molecule has 0 aliphatic rings. The second kappa shape index (κ2) is 6.03. The first kappa shape index (κ1) is 13.2. The second-order valence-electron chi connectivity index (χ2n) is 3.59. The maximum atomic E-state index is 5.87. The monoisotopic (exact) mass is 286 g/mol. The smallest absolute Gasteiger partial charge is 0.227 e. The van der Waals surface area contributed by atoms with E-state index in [1.165, 1.54) is 0 Å². The minimum absolute atomic E-state index is 0.528. The zero-order chi connectivity index (χ0) is 12.1. The minimum Gasteiger partial charge on any atom is -0.383 e. The van der Waals surface area contributed by atoms with Crippen molar-refractivity contribution in [3.05, 3.63) is 10.2 Å². The fourth-order valence-corrected chi connectivity index (χ4v) is 1.93. The zero-order valence-electron chi connectivity index (χ0n) is 10.1. The Bertz CT molecular complexity index is 350. The highest BCUT2D eigenvalue weighted by Crippen LogP contribution is 2.24. The summed E-state index contributed by atoms with van der Waals surface area (Å²) in [5.74, 6) is 1.26. The molecule has 5 heteroatoms. The molecule has 0 unspecified atom stereocenters. The molecule has 0 saturated carbocycles. The average molecular weight is 287 g/mol. The molecular weight excluding hydrogens is 268 g/mol. The fourth-order valence-electron chi connectivity index (χ4n) is 1.55. The van der Waals surface area contributed by atoms with Gasteiger partial charge in [-0.25, -0.2) is 4.98 Å². The molecule has 1 aromatic rings. The molecule has 0 fully saturated rings. The van der Waals surface area contributed by atoms with E-state index < -0.39 is 0 Å². The van der Waals surface area contributed by atoms with Gasteiger partial charge in [-0.2, -0.15) is 4.98 Å². The Labute approximate surface area is 105 Å². The molecule has 0 spiro atoms. The van der Waals surface area contributed by atoms with E-state index in [-0.39, 0.29) is 0 Å². The number of aromatic nitrogens is 2. The molecule has 0 amide bonds. The van der Waals surface area contributed by atoms with Gasteiger partial charge < -0.3 is 10.6 Å². The van der Waals surface area contributed by atoms with Gasteiger partial charge in [-0.15, -0.1) is 0 Å². The molecule has 2 N–H and O–H groups in total. The third kappa shape index (κ3) is 2.84. The number of nitrogens with two attached hydrogens (primary N) is 1. The lowest BCUT2D eigenvalue weighted by atomic mass is 10.2. The molecule has 1 heterocycles.